The molecule has 0 unspecified atom stereocenters. The van der Waals surface area contributed by atoms with Crippen molar-refractivity contribution < 1.29 is 9.53 Å². The van der Waals surface area contributed by atoms with E-state index in [2.05, 4.69) is 52.3 Å². The molecule has 1 aromatic heterocycles. The van der Waals surface area contributed by atoms with Gasteiger partial charge in [0, 0.05) is 18.9 Å². The summed E-state index contributed by atoms with van der Waals surface area (Å²) in [5.41, 5.74) is 3.38. The molecule has 5 nitrogen and oxygen atoms in total. The fourth-order valence-electron chi connectivity index (χ4n) is 4.36. The average molecular weight is 404 g/mol. The number of aromatic nitrogens is 1. The van der Waals surface area contributed by atoms with Crippen LogP contribution in [0.4, 0.5) is 0 Å². The van der Waals surface area contributed by atoms with E-state index in [4.69, 9.17) is 4.74 Å². The van der Waals surface area contributed by atoms with Crippen molar-refractivity contribution in [3.05, 3.63) is 89.7 Å². The molecule has 0 radical (unpaired) electrons. The van der Waals surface area contributed by atoms with Crippen molar-refractivity contribution in [2.24, 2.45) is 7.05 Å². The van der Waals surface area contributed by atoms with E-state index in [9.17, 15) is 4.79 Å². The number of carbonyl (C=O) groups is 1. The summed E-state index contributed by atoms with van der Waals surface area (Å²) in [4.78, 5) is 15.4. The van der Waals surface area contributed by atoms with Crippen molar-refractivity contribution >= 4 is 5.91 Å². The lowest BCUT2D eigenvalue weighted by atomic mass is 9.98. The molecule has 0 saturated carbocycles. The number of nitrogens with zero attached hydrogens (tertiary/aromatic N) is 2. The highest BCUT2D eigenvalue weighted by molar-refractivity contribution is 5.79. The number of nitrogens with one attached hydrogen (secondary N) is 1. The van der Waals surface area contributed by atoms with Gasteiger partial charge in [-0.05, 0) is 54.8 Å². The summed E-state index contributed by atoms with van der Waals surface area (Å²) in [7, 11) is 3.73. The van der Waals surface area contributed by atoms with Crippen LogP contribution in [0.3, 0.4) is 0 Å². The molecular formula is C25H29N3O2. The number of amides is 1. The minimum atomic E-state index is -0.194. The van der Waals surface area contributed by atoms with Gasteiger partial charge in [0.25, 0.3) is 0 Å². The normalized spacial score (nSPS) is 17.6. The Morgan fingerprint density at radius 1 is 1.07 bits per heavy atom. The second-order valence-corrected chi connectivity index (χ2v) is 7.86. The van der Waals surface area contributed by atoms with E-state index in [1.54, 1.807) is 7.11 Å². The predicted octanol–water partition coefficient (Wildman–Crippen LogP) is 4.08. The molecule has 3 aromatic rings. The minimum Gasteiger partial charge on any atom is -0.497 e. The van der Waals surface area contributed by atoms with Crippen molar-refractivity contribution in [3.8, 4) is 5.75 Å². The molecule has 1 N–H and O–H groups in total. The molecule has 4 rings (SSSR count). The third-order valence-electron chi connectivity index (χ3n) is 5.92. The van der Waals surface area contributed by atoms with Crippen molar-refractivity contribution in [2.45, 2.75) is 24.9 Å². The molecule has 30 heavy (non-hydrogen) atoms. The van der Waals surface area contributed by atoms with Gasteiger partial charge in [0.1, 0.15) is 5.75 Å². The molecule has 0 spiro atoms. The van der Waals surface area contributed by atoms with Gasteiger partial charge in [-0.3, -0.25) is 9.69 Å². The van der Waals surface area contributed by atoms with Crippen LogP contribution >= 0.6 is 0 Å². The van der Waals surface area contributed by atoms with Gasteiger partial charge in [0.05, 0.1) is 25.7 Å². The zero-order chi connectivity index (χ0) is 20.9. The lowest BCUT2D eigenvalue weighted by Gasteiger charge is -2.26. The van der Waals surface area contributed by atoms with Gasteiger partial charge in [0.2, 0.25) is 5.91 Å². The summed E-state index contributed by atoms with van der Waals surface area (Å²) in [6.45, 7) is 1.34. The van der Waals surface area contributed by atoms with Gasteiger partial charge in [-0.1, -0.05) is 42.5 Å². The smallest absolute Gasteiger partial charge is 0.234 e. The van der Waals surface area contributed by atoms with Gasteiger partial charge >= 0.3 is 0 Å². The summed E-state index contributed by atoms with van der Waals surface area (Å²) < 4.78 is 7.44. The highest BCUT2D eigenvalue weighted by Crippen LogP contribution is 2.31. The van der Waals surface area contributed by atoms with Gasteiger partial charge in [-0.15, -0.1) is 0 Å². The Morgan fingerprint density at radius 3 is 2.47 bits per heavy atom. The molecule has 1 amide bonds. The quantitative estimate of drug-likeness (QED) is 0.647. The van der Waals surface area contributed by atoms with Crippen LogP contribution in [0.5, 0.6) is 5.75 Å². The fraction of sp³-hybridized carbons (Fsp3) is 0.320. The third-order valence-corrected chi connectivity index (χ3v) is 5.92. The topological polar surface area (TPSA) is 46.5 Å². The molecule has 1 aliphatic rings. The monoisotopic (exact) mass is 403 g/mol. The minimum absolute atomic E-state index is 0.0424. The van der Waals surface area contributed by atoms with E-state index in [-0.39, 0.29) is 11.9 Å². The van der Waals surface area contributed by atoms with E-state index >= 15 is 0 Å². The Balaban J connectivity index is 1.51. The number of methoxy groups -OCH3 is 1. The highest BCUT2D eigenvalue weighted by Gasteiger charge is 2.29. The largest absolute Gasteiger partial charge is 0.497 e. The van der Waals surface area contributed by atoms with Crippen molar-refractivity contribution in [1.29, 1.82) is 0 Å². The molecule has 1 fully saturated rings. The van der Waals surface area contributed by atoms with E-state index in [1.165, 1.54) is 5.69 Å². The number of benzene rings is 2. The first-order valence-corrected chi connectivity index (χ1v) is 10.5. The van der Waals surface area contributed by atoms with E-state index < -0.39 is 0 Å². The van der Waals surface area contributed by atoms with Crippen LogP contribution in [0.15, 0.2) is 72.9 Å². The molecule has 2 aromatic carbocycles. The Morgan fingerprint density at radius 2 is 1.80 bits per heavy atom. The Hall–Kier alpha value is -3.05. The maximum Gasteiger partial charge on any atom is 0.234 e. The van der Waals surface area contributed by atoms with Crippen molar-refractivity contribution in [1.82, 2.24) is 14.8 Å². The Bertz CT molecular complexity index is 966. The van der Waals surface area contributed by atoms with Gasteiger partial charge < -0.3 is 14.6 Å². The fourth-order valence-corrected chi connectivity index (χ4v) is 4.36. The maximum absolute atomic E-state index is 13.1. The number of aryl methyl sites for hydroxylation is 1. The van der Waals surface area contributed by atoms with Gasteiger partial charge in [0.15, 0.2) is 0 Å². The first-order valence-electron chi connectivity index (χ1n) is 10.5. The SMILES string of the molecule is COc1ccc([C@@H](NC(=O)CN2CCC[C@H]2c2cccn2C)c2ccccc2)cc1. The molecule has 156 valence electrons. The predicted molar refractivity (Wildman–Crippen MR) is 118 cm³/mol. The summed E-state index contributed by atoms with van der Waals surface area (Å²) in [5, 5.41) is 3.27. The van der Waals surface area contributed by atoms with Crippen LogP contribution in [-0.2, 0) is 11.8 Å². The van der Waals surface area contributed by atoms with Crippen molar-refractivity contribution in [3.63, 3.8) is 0 Å². The molecular weight excluding hydrogens is 374 g/mol. The molecule has 0 bridgehead atoms. The lowest BCUT2D eigenvalue weighted by Crippen LogP contribution is -2.39. The average Bonchev–Trinajstić information content (AvgIpc) is 3.41. The summed E-state index contributed by atoms with van der Waals surface area (Å²) in [6.07, 6.45) is 4.27. The number of hydrogen-bond acceptors (Lipinski definition) is 3. The van der Waals surface area contributed by atoms with E-state index in [0.29, 0.717) is 12.6 Å². The van der Waals surface area contributed by atoms with Crippen LogP contribution < -0.4 is 10.1 Å². The highest BCUT2D eigenvalue weighted by atomic mass is 16.5. The Kier molecular flexibility index (Phi) is 6.19. The number of ether oxygens (including phenoxy) is 1. The summed E-state index contributed by atoms with van der Waals surface area (Å²) in [6, 6.07) is 22.3. The lowest BCUT2D eigenvalue weighted by molar-refractivity contribution is -0.123. The first-order chi connectivity index (χ1) is 14.7. The molecule has 1 saturated heterocycles. The van der Waals surface area contributed by atoms with Crippen LogP contribution in [0.1, 0.15) is 41.7 Å². The molecule has 0 aliphatic carbocycles. The zero-order valence-electron chi connectivity index (χ0n) is 17.6. The third kappa shape index (κ3) is 4.41. The van der Waals surface area contributed by atoms with Crippen LogP contribution in [-0.4, -0.2) is 35.6 Å². The second-order valence-electron chi connectivity index (χ2n) is 7.86. The van der Waals surface area contributed by atoms with Gasteiger partial charge in [-0.2, -0.15) is 0 Å². The van der Waals surface area contributed by atoms with E-state index in [1.807, 2.05) is 42.5 Å². The molecule has 2 heterocycles. The van der Waals surface area contributed by atoms with E-state index in [0.717, 1.165) is 36.3 Å². The first kappa shape index (κ1) is 20.2. The van der Waals surface area contributed by atoms with Crippen LogP contribution in [0, 0.1) is 0 Å². The second kappa shape index (κ2) is 9.18. The van der Waals surface area contributed by atoms with Gasteiger partial charge in [-0.25, -0.2) is 0 Å². The summed E-state index contributed by atoms with van der Waals surface area (Å²) in [5.74, 6) is 0.847. The zero-order valence-corrected chi connectivity index (χ0v) is 17.6. The van der Waals surface area contributed by atoms with Crippen LogP contribution in [0.25, 0.3) is 0 Å². The molecule has 2 atom stereocenters. The summed E-state index contributed by atoms with van der Waals surface area (Å²) >= 11 is 0. The van der Waals surface area contributed by atoms with Crippen LogP contribution in [0.2, 0.25) is 0 Å². The van der Waals surface area contributed by atoms with Crippen molar-refractivity contribution in [2.75, 3.05) is 20.2 Å². The molecule has 5 heteroatoms. The number of rotatable bonds is 7. The Labute approximate surface area is 178 Å². The standard InChI is InChI=1S/C25H29N3O2/c1-27-16-6-10-22(27)23-11-7-17-28(23)18-24(29)26-25(19-8-4-3-5-9-19)20-12-14-21(30-2)15-13-20/h3-6,8-10,12-16,23,25H,7,11,17-18H2,1-2H3,(H,26,29)/t23-,25-/m0/s1. The molecule has 1 aliphatic heterocycles. The number of hydrogen-bond donors (Lipinski definition) is 1. The number of likely N-dealkylation sites (tertiary alicyclic amines) is 1. The maximum atomic E-state index is 13.1. The number of carbonyl (C=O) groups excluding carboxylic acids is 1.